The first kappa shape index (κ1) is 12.9. The number of aromatic amines is 1. The summed E-state index contributed by atoms with van der Waals surface area (Å²) in [5.41, 5.74) is 2.35. The van der Waals surface area contributed by atoms with Crippen molar-refractivity contribution in [1.29, 1.82) is 0 Å². The van der Waals surface area contributed by atoms with Crippen LogP contribution in [0.15, 0.2) is 36.4 Å². The molecule has 5 heteroatoms. The van der Waals surface area contributed by atoms with Gasteiger partial charge in [-0.05, 0) is 19.0 Å². The first-order chi connectivity index (χ1) is 9.75. The van der Waals surface area contributed by atoms with Gasteiger partial charge in [-0.25, -0.2) is 0 Å². The third-order valence-electron chi connectivity index (χ3n) is 3.78. The summed E-state index contributed by atoms with van der Waals surface area (Å²) in [4.78, 5) is 14.2. The molecule has 0 bridgehead atoms. The number of H-pyrrole nitrogens is 1. The lowest BCUT2D eigenvalue weighted by Gasteiger charge is -2.22. The van der Waals surface area contributed by atoms with E-state index < -0.39 is 0 Å². The highest BCUT2D eigenvalue weighted by Gasteiger charge is 2.25. The molecule has 1 atom stereocenters. The summed E-state index contributed by atoms with van der Waals surface area (Å²) in [6.45, 7) is 1.84. The van der Waals surface area contributed by atoms with Crippen LogP contribution in [0.4, 0.5) is 0 Å². The second-order valence-electron chi connectivity index (χ2n) is 5.10. The van der Waals surface area contributed by atoms with Crippen LogP contribution in [-0.2, 0) is 0 Å². The molecule has 1 fully saturated rings. The van der Waals surface area contributed by atoms with Crippen molar-refractivity contribution in [3.8, 4) is 11.3 Å². The van der Waals surface area contributed by atoms with Gasteiger partial charge in [0.15, 0.2) is 0 Å². The summed E-state index contributed by atoms with van der Waals surface area (Å²) < 4.78 is 0. The maximum Gasteiger partial charge on any atom is 0.271 e. The standard InChI is InChI=1S/C15H18N4O/c1-19(12-7-8-16-10-12)15(20)14-9-13(17-18-14)11-5-3-2-4-6-11/h2-6,9,12,16H,7-8,10H2,1H3,(H,17,18). The molecule has 0 radical (unpaired) electrons. The average molecular weight is 270 g/mol. The molecule has 2 heterocycles. The molecule has 1 aromatic heterocycles. The Kier molecular flexibility index (Phi) is 3.52. The van der Waals surface area contributed by atoms with Gasteiger partial charge in [-0.3, -0.25) is 9.89 Å². The molecule has 20 heavy (non-hydrogen) atoms. The number of hydrogen-bond acceptors (Lipinski definition) is 3. The van der Waals surface area contributed by atoms with Crippen molar-refractivity contribution in [2.24, 2.45) is 0 Å². The SMILES string of the molecule is CN(C(=O)c1cc(-c2ccccc2)n[nH]1)C1CCNC1. The van der Waals surface area contributed by atoms with E-state index in [0.717, 1.165) is 30.8 Å². The molecular formula is C15H18N4O. The van der Waals surface area contributed by atoms with Gasteiger partial charge < -0.3 is 10.2 Å². The largest absolute Gasteiger partial charge is 0.336 e. The molecule has 1 saturated heterocycles. The van der Waals surface area contributed by atoms with E-state index in [1.165, 1.54) is 0 Å². The van der Waals surface area contributed by atoms with Gasteiger partial charge in [0.25, 0.3) is 5.91 Å². The number of nitrogens with one attached hydrogen (secondary N) is 2. The molecule has 1 unspecified atom stereocenters. The molecule has 1 amide bonds. The van der Waals surface area contributed by atoms with Crippen molar-refractivity contribution >= 4 is 5.91 Å². The van der Waals surface area contributed by atoms with Gasteiger partial charge in [-0.15, -0.1) is 0 Å². The van der Waals surface area contributed by atoms with Crippen LogP contribution in [0.2, 0.25) is 0 Å². The summed E-state index contributed by atoms with van der Waals surface area (Å²) in [6.07, 6.45) is 1.00. The molecule has 0 spiro atoms. The van der Waals surface area contributed by atoms with E-state index in [2.05, 4.69) is 15.5 Å². The molecule has 2 N–H and O–H groups in total. The lowest BCUT2D eigenvalue weighted by molar-refractivity contribution is 0.0738. The summed E-state index contributed by atoms with van der Waals surface area (Å²) in [6, 6.07) is 11.9. The number of hydrogen-bond donors (Lipinski definition) is 2. The summed E-state index contributed by atoms with van der Waals surface area (Å²) in [7, 11) is 1.85. The predicted molar refractivity (Wildman–Crippen MR) is 77.4 cm³/mol. The molecule has 0 saturated carbocycles. The van der Waals surface area contributed by atoms with E-state index in [-0.39, 0.29) is 11.9 Å². The number of aromatic nitrogens is 2. The lowest BCUT2D eigenvalue weighted by atomic mass is 10.1. The number of amides is 1. The van der Waals surface area contributed by atoms with E-state index in [0.29, 0.717) is 5.69 Å². The van der Waals surface area contributed by atoms with Gasteiger partial charge in [-0.1, -0.05) is 30.3 Å². The number of benzene rings is 1. The highest BCUT2D eigenvalue weighted by Crippen LogP contribution is 2.18. The van der Waals surface area contributed by atoms with Crippen LogP contribution in [-0.4, -0.2) is 47.2 Å². The Morgan fingerprint density at radius 1 is 1.35 bits per heavy atom. The molecule has 1 aliphatic heterocycles. The fraction of sp³-hybridized carbons (Fsp3) is 0.333. The van der Waals surface area contributed by atoms with Crippen LogP contribution >= 0.6 is 0 Å². The van der Waals surface area contributed by atoms with Gasteiger partial charge in [0.05, 0.1) is 5.69 Å². The zero-order valence-electron chi connectivity index (χ0n) is 11.5. The summed E-state index contributed by atoms with van der Waals surface area (Å²) in [5.74, 6) is -0.00613. The van der Waals surface area contributed by atoms with Crippen molar-refractivity contribution in [3.05, 3.63) is 42.1 Å². The second-order valence-corrected chi connectivity index (χ2v) is 5.10. The minimum atomic E-state index is -0.00613. The van der Waals surface area contributed by atoms with Crippen molar-refractivity contribution < 1.29 is 4.79 Å². The van der Waals surface area contributed by atoms with Crippen LogP contribution in [0, 0.1) is 0 Å². The van der Waals surface area contributed by atoms with E-state index in [4.69, 9.17) is 0 Å². The Labute approximate surface area is 118 Å². The topological polar surface area (TPSA) is 61.0 Å². The first-order valence-electron chi connectivity index (χ1n) is 6.84. The molecule has 1 aromatic carbocycles. The first-order valence-corrected chi connectivity index (χ1v) is 6.84. The number of nitrogens with zero attached hydrogens (tertiary/aromatic N) is 2. The highest BCUT2D eigenvalue weighted by molar-refractivity contribution is 5.93. The van der Waals surface area contributed by atoms with Gasteiger partial charge in [-0.2, -0.15) is 5.10 Å². The van der Waals surface area contributed by atoms with E-state index >= 15 is 0 Å². The van der Waals surface area contributed by atoms with Gasteiger partial charge in [0.1, 0.15) is 5.69 Å². The van der Waals surface area contributed by atoms with Crippen LogP contribution in [0.1, 0.15) is 16.9 Å². The molecule has 0 aliphatic carbocycles. The highest BCUT2D eigenvalue weighted by atomic mass is 16.2. The molecule has 2 aromatic rings. The summed E-state index contributed by atoms with van der Waals surface area (Å²) >= 11 is 0. The van der Waals surface area contributed by atoms with Gasteiger partial charge >= 0.3 is 0 Å². The second kappa shape index (κ2) is 5.46. The number of carbonyl (C=O) groups is 1. The van der Waals surface area contributed by atoms with E-state index in [1.807, 2.05) is 43.4 Å². The average Bonchev–Trinajstić information content (AvgIpc) is 3.18. The lowest BCUT2D eigenvalue weighted by Crippen LogP contribution is -2.38. The fourth-order valence-corrected chi connectivity index (χ4v) is 2.51. The zero-order chi connectivity index (χ0) is 13.9. The Balaban J connectivity index is 1.78. The van der Waals surface area contributed by atoms with E-state index in [1.54, 1.807) is 4.90 Å². The Bertz CT molecular complexity index is 587. The minimum Gasteiger partial charge on any atom is -0.336 e. The molecular weight excluding hydrogens is 252 g/mol. The van der Waals surface area contributed by atoms with Gasteiger partial charge in [0, 0.05) is 25.2 Å². The number of carbonyl (C=O) groups excluding carboxylic acids is 1. The molecule has 5 nitrogen and oxygen atoms in total. The third-order valence-corrected chi connectivity index (χ3v) is 3.78. The predicted octanol–water partition coefficient (Wildman–Crippen LogP) is 1.51. The van der Waals surface area contributed by atoms with Gasteiger partial charge in [0.2, 0.25) is 0 Å². The maximum atomic E-state index is 12.4. The Morgan fingerprint density at radius 3 is 2.85 bits per heavy atom. The van der Waals surface area contributed by atoms with Crippen LogP contribution in [0.25, 0.3) is 11.3 Å². The quantitative estimate of drug-likeness (QED) is 0.888. The van der Waals surface area contributed by atoms with E-state index in [9.17, 15) is 4.79 Å². The Hall–Kier alpha value is -2.14. The minimum absolute atomic E-state index is 0.00613. The van der Waals surface area contributed by atoms with Crippen molar-refractivity contribution in [2.75, 3.05) is 20.1 Å². The molecule has 1 aliphatic rings. The fourth-order valence-electron chi connectivity index (χ4n) is 2.51. The van der Waals surface area contributed by atoms with Crippen LogP contribution < -0.4 is 5.32 Å². The van der Waals surface area contributed by atoms with Crippen molar-refractivity contribution in [2.45, 2.75) is 12.5 Å². The molecule has 3 rings (SSSR count). The van der Waals surface area contributed by atoms with Crippen molar-refractivity contribution in [3.63, 3.8) is 0 Å². The van der Waals surface area contributed by atoms with Crippen molar-refractivity contribution in [1.82, 2.24) is 20.4 Å². The normalized spacial score (nSPS) is 18.1. The number of likely N-dealkylation sites (N-methyl/N-ethyl adjacent to an activating group) is 1. The third kappa shape index (κ3) is 2.44. The zero-order valence-corrected chi connectivity index (χ0v) is 11.5. The Morgan fingerprint density at radius 2 is 2.15 bits per heavy atom. The number of rotatable bonds is 3. The van der Waals surface area contributed by atoms with Crippen LogP contribution in [0.3, 0.4) is 0 Å². The monoisotopic (exact) mass is 270 g/mol. The summed E-state index contributed by atoms with van der Waals surface area (Å²) in [5, 5.41) is 10.3. The maximum absolute atomic E-state index is 12.4. The smallest absolute Gasteiger partial charge is 0.271 e. The molecule has 104 valence electrons. The van der Waals surface area contributed by atoms with Crippen LogP contribution in [0.5, 0.6) is 0 Å².